The van der Waals surface area contributed by atoms with Crippen LogP contribution in [0.2, 0.25) is 0 Å². The van der Waals surface area contributed by atoms with E-state index in [-0.39, 0.29) is 11.2 Å². The van der Waals surface area contributed by atoms with E-state index in [1.54, 1.807) is 0 Å². The molecule has 17 nitrogen and oxygen atoms in total. The van der Waals surface area contributed by atoms with E-state index in [2.05, 4.69) is 13.5 Å². The highest BCUT2D eigenvalue weighted by molar-refractivity contribution is 7.60. The molecule has 1 fully saturated rings. The van der Waals surface area contributed by atoms with Gasteiger partial charge in [0.05, 0.1) is 12.7 Å². The molecule has 1 aromatic rings. The molecular formula is C9H15N2O15P3. The average molecular weight is 484 g/mol. The summed E-state index contributed by atoms with van der Waals surface area (Å²) in [6.07, 6.45) is -3.40. The number of aliphatic hydroxyl groups is 1. The Bertz CT molecular complexity index is 1010. The van der Waals surface area contributed by atoms with Crippen LogP contribution in [-0.2, 0) is 27.3 Å². The van der Waals surface area contributed by atoms with E-state index in [1.807, 2.05) is 0 Å². The summed E-state index contributed by atoms with van der Waals surface area (Å²) in [5.74, 6) is 0. The van der Waals surface area contributed by atoms with Crippen LogP contribution in [-0.4, -0.2) is 57.7 Å². The van der Waals surface area contributed by atoms with Crippen LogP contribution in [0.3, 0.4) is 0 Å². The first kappa shape index (κ1) is 24.1. The molecule has 1 aromatic heterocycles. The standard InChI is InChI=1S/C9H15N2O15P3/c12-5-3-8(24-6(5)4-23-27(15,16)17)10-2-1-7(13)11(9(10)14)25-29(21,22)26-28(18,19)20/h1-2,5-6,8,12H,3-4H2,(H,21,22)(H2,15,16,17)(H2,18,19,20)/t5-,6+,8+/m0/s1. The second kappa shape index (κ2) is 8.51. The van der Waals surface area contributed by atoms with E-state index >= 15 is 0 Å². The molecule has 0 saturated carbocycles. The molecule has 20 heteroatoms. The summed E-state index contributed by atoms with van der Waals surface area (Å²) in [4.78, 5) is 67.8. The van der Waals surface area contributed by atoms with Crippen molar-refractivity contribution in [2.45, 2.75) is 24.9 Å². The molecule has 1 aliphatic rings. The Labute approximate surface area is 159 Å². The zero-order valence-electron chi connectivity index (χ0n) is 13.9. The van der Waals surface area contributed by atoms with Crippen LogP contribution in [0, 0.1) is 0 Å². The SMILES string of the molecule is O=c1ccn([C@H]2C[C@H](O)[C@@H](COP(=O)(O)O)O2)c(=O)n1OP(=O)(O)OP(=O)(O)O. The fraction of sp³-hybridized carbons (Fsp3) is 0.556. The number of ether oxygens (including phenoxy) is 1. The molecule has 0 radical (unpaired) electrons. The molecule has 0 amide bonds. The van der Waals surface area contributed by atoms with E-state index in [4.69, 9.17) is 24.3 Å². The summed E-state index contributed by atoms with van der Waals surface area (Å²) in [6, 6.07) is 0.661. The molecule has 1 aliphatic heterocycles. The number of hydrogen-bond acceptors (Lipinski definition) is 10. The molecular weight excluding hydrogens is 469 g/mol. The summed E-state index contributed by atoms with van der Waals surface area (Å²) < 4.78 is 50.3. The lowest BCUT2D eigenvalue weighted by atomic mass is 10.2. The molecule has 0 bridgehead atoms. The van der Waals surface area contributed by atoms with Crippen molar-refractivity contribution >= 4 is 23.5 Å². The van der Waals surface area contributed by atoms with E-state index in [1.165, 1.54) is 0 Å². The molecule has 166 valence electrons. The first-order valence-corrected chi connectivity index (χ1v) is 11.8. The number of rotatable bonds is 8. The Morgan fingerprint density at radius 1 is 1.10 bits per heavy atom. The fourth-order valence-electron chi connectivity index (χ4n) is 2.23. The smallest absolute Gasteiger partial charge is 0.390 e. The maximum absolute atomic E-state index is 12.4. The lowest BCUT2D eigenvalue weighted by Crippen LogP contribution is -2.43. The van der Waals surface area contributed by atoms with E-state index in [9.17, 15) is 33.3 Å². The van der Waals surface area contributed by atoms with Crippen LogP contribution in [0.5, 0.6) is 0 Å². The third-order valence-corrected chi connectivity index (χ3v) is 5.82. The zero-order chi connectivity index (χ0) is 22.2. The van der Waals surface area contributed by atoms with Crippen molar-refractivity contribution in [3.05, 3.63) is 33.1 Å². The highest BCUT2D eigenvalue weighted by Crippen LogP contribution is 2.55. The highest BCUT2D eigenvalue weighted by Gasteiger charge is 2.39. The molecule has 4 atom stereocenters. The van der Waals surface area contributed by atoms with Crippen LogP contribution in [0.4, 0.5) is 0 Å². The van der Waals surface area contributed by atoms with Gasteiger partial charge in [0, 0.05) is 18.7 Å². The summed E-state index contributed by atoms with van der Waals surface area (Å²) in [5.41, 5.74) is -2.76. The van der Waals surface area contributed by atoms with Gasteiger partial charge in [0.1, 0.15) is 12.3 Å². The minimum absolute atomic E-state index is 0.316. The van der Waals surface area contributed by atoms with E-state index in [0.29, 0.717) is 10.6 Å². The van der Waals surface area contributed by atoms with Crippen LogP contribution in [0.1, 0.15) is 12.6 Å². The number of phosphoric ester groups is 1. The Kier molecular flexibility index (Phi) is 7.07. The molecule has 1 unspecified atom stereocenters. The van der Waals surface area contributed by atoms with Crippen molar-refractivity contribution in [1.29, 1.82) is 0 Å². The molecule has 0 aromatic carbocycles. The maximum Gasteiger partial charge on any atom is 0.555 e. The molecule has 0 spiro atoms. The van der Waals surface area contributed by atoms with Gasteiger partial charge in [-0.15, -0.1) is 0 Å². The number of aliphatic hydroxyl groups excluding tert-OH is 1. The Morgan fingerprint density at radius 2 is 1.72 bits per heavy atom. The topological polar surface area (TPSA) is 254 Å². The molecule has 2 rings (SSSR count). The predicted octanol–water partition coefficient (Wildman–Crippen LogP) is -2.59. The lowest BCUT2D eigenvalue weighted by Gasteiger charge is -2.18. The quantitative estimate of drug-likeness (QED) is 0.207. The van der Waals surface area contributed by atoms with Crippen LogP contribution in [0.25, 0.3) is 0 Å². The maximum atomic E-state index is 12.4. The van der Waals surface area contributed by atoms with Crippen molar-refractivity contribution in [2.75, 3.05) is 6.61 Å². The normalized spacial score (nSPS) is 25.0. The first-order valence-electron chi connectivity index (χ1n) is 7.25. The minimum atomic E-state index is -5.61. The first-order chi connectivity index (χ1) is 13.1. The number of aromatic nitrogens is 2. The number of nitrogens with zero attached hydrogens (tertiary/aromatic N) is 2. The van der Waals surface area contributed by atoms with Crippen molar-refractivity contribution in [3.8, 4) is 0 Å². The third kappa shape index (κ3) is 6.93. The number of hydrogen-bond donors (Lipinski definition) is 6. The molecule has 6 N–H and O–H groups in total. The second-order valence-corrected chi connectivity index (χ2v) is 9.45. The Hall–Kier alpha value is -1.19. The molecule has 2 heterocycles. The number of phosphoric acid groups is 3. The highest BCUT2D eigenvalue weighted by atomic mass is 31.3. The van der Waals surface area contributed by atoms with Gasteiger partial charge in [-0.3, -0.25) is 18.8 Å². The Morgan fingerprint density at radius 3 is 2.28 bits per heavy atom. The summed E-state index contributed by atoms with van der Waals surface area (Å²) in [5, 5.41) is 9.88. The molecule has 1 saturated heterocycles. The van der Waals surface area contributed by atoms with Crippen molar-refractivity contribution in [2.24, 2.45) is 0 Å². The summed E-state index contributed by atoms with van der Waals surface area (Å²) >= 11 is 0. The van der Waals surface area contributed by atoms with Gasteiger partial charge in [0.2, 0.25) is 0 Å². The van der Waals surface area contributed by atoms with Crippen LogP contribution in [0.15, 0.2) is 21.9 Å². The molecule has 29 heavy (non-hydrogen) atoms. The van der Waals surface area contributed by atoms with Gasteiger partial charge in [-0.2, -0.15) is 4.31 Å². The molecule has 0 aliphatic carbocycles. The van der Waals surface area contributed by atoms with Gasteiger partial charge >= 0.3 is 29.2 Å². The van der Waals surface area contributed by atoms with Gasteiger partial charge in [-0.1, -0.05) is 4.73 Å². The average Bonchev–Trinajstić information content (AvgIpc) is 2.87. The monoisotopic (exact) mass is 484 g/mol. The van der Waals surface area contributed by atoms with E-state index in [0.717, 1.165) is 6.20 Å². The van der Waals surface area contributed by atoms with E-state index < -0.39 is 59.8 Å². The predicted molar refractivity (Wildman–Crippen MR) is 87.0 cm³/mol. The zero-order valence-corrected chi connectivity index (χ0v) is 16.6. The lowest BCUT2D eigenvalue weighted by molar-refractivity contribution is -0.0465. The Balaban J connectivity index is 2.26. The fourth-order valence-corrected chi connectivity index (χ4v) is 4.12. The van der Waals surface area contributed by atoms with Gasteiger partial charge in [-0.05, 0) is 0 Å². The summed E-state index contributed by atoms with van der Waals surface area (Å²) in [6.45, 7) is -0.741. The van der Waals surface area contributed by atoms with Gasteiger partial charge in [0.15, 0.2) is 0 Å². The van der Waals surface area contributed by atoms with Crippen molar-refractivity contribution in [1.82, 2.24) is 9.30 Å². The second-order valence-electron chi connectivity index (χ2n) is 5.48. The van der Waals surface area contributed by atoms with Gasteiger partial charge in [-0.25, -0.2) is 18.5 Å². The van der Waals surface area contributed by atoms with Gasteiger partial charge in [0.25, 0.3) is 5.56 Å². The largest absolute Gasteiger partial charge is 0.555 e. The minimum Gasteiger partial charge on any atom is -0.390 e. The van der Waals surface area contributed by atoms with Crippen molar-refractivity contribution in [3.63, 3.8) is 0 Å². The van der Waals surface area contributed by atoms with Gasteiger partial charge < -0.3 is 34.0 Å². The third-order valence-electron chi connectivity index (χ3n) is 3.29. The summed E-state index contributed by atoms with van der Waals surface area (Å²) in [7, 11) is -16.0. The van der Waals surface area contributed by atoms with Crippen LogP contribution >= 0.6 is 23.5 Å². The van der Waals surface area contributed by atoms with Crippen LogP contribution < -0.4 is 15.9 Å². The van der Waals surface area contributed by atoms with Crippen molar-refractivity contribution < 1.29 is 61.5 Å².